The SMILES string of the molecule is Cc1ccc(CN)c(N(C)S(C)(=O)=O)c1. The number of nitrogens with zero attached hydrogens (tertiary/aromatic N) is 1. The van der Waals surface area contributed by atoms with Crippen LogP contribution in [0.2, 0.25) is 0 Å². The first-order valence-electron chi connectivity index (χ1n) is 4.59. The molecule has 1 rings (SSSR count). The number of sulfonamides is 1. The Bertz CT molecular complexity index is 454. The van der Waals surface area contributed by atoms with Crippen LogP contribution in [-0.4, -0.2) is 21.7 Å². The van der Waals surface area contributed by atoms with E-state index in [9.17, 15) is 8.42 Å². The molecule has 84 valence electrons. The van der Waals surface area contributed by atoms with Crippen molar-refractivity contribution in [1.29, 1.82) is 0 Å². The minimum Gasteiger partial charge on any atom is -0.326 e. The van der Waals surface area contributed by atoms with Gasteiger partial charge in [0.2, 0.25) is 10.0 Å². The Balaban J connectivity index is 3.29. The zero-order valence-corrected chi connectivity index (χ0v) is 10.0. The third kappa shape index (κ3) is 2.70. The number of hydrogen-bond acceptors (Lipinski definition) is 3. The van der Waals surface area contributed by atoms with Gasteiger partial charge in [0.25, 0.3) is 0 Å². The van der Waals surface area contributed by atoms with Crippen molar-refractivity contribution >= 4 is 15.7 Å². The van der Waals surface area contributed by atoms with Crippen molar-refractivity contribution in [1.82, 2.24) is 0 Å². The predicted octanol–water partition coefficient (Wildman–Crippen LogP) is 0.850. The summed E-state index contributed by atoms with van der Waals surface area (Å²) < 4.78 is 24.0. The number of anilines is 1. The molecular formula is C10H16N2O2S. The highest BCUT2D eigenvalue weighted by atomic mass is 32.2. The second-order valence-corrected chi connectivity index (χ2v) is 5.58. The molecule has 0 bridgehead atoms. The normalized spacial score (nSPS) is 11.5. The highest BCUT2D eigenvalue weighted by Crippen LogP contribution is 2.22. The van der Waals surface area contributed by atoms with E-state index in [-0.39, 0.29) is 0 Å². The van der Waals surface area contributed by atoms with Crippen LogP contribution in [0.3, 0.4) is 0 Å². The van der Waals surface area contributed by atoms with Gasteiger partial charge in [-0.25, -0.2) is 8.42 Å². The van der Waals surface area contributed by atoms with Gasteiger partial charge in [0.1, 0.15) is 0 Å². The van der Waals surface area contributed by atoms with Crippen LogP contribution in [0.25, 0.3) is 0 Å². The molecule has 0 heterocycles. The van der Waals surface area contributed by atoms with Crippen LogP contribution in [-0.2, 0) is 16.6 Å². The number of hydrogen-bond donors (Lipinski definition) is 1. The molecule has 1 aromatic carbocycles. The maximum Gasteiger partial charge on any atom is 0.232 e. The smallest absolute Gasteiger partial charge is 0.232 e. The van der Waals surface area contributed by atoms with Crippen molar-refractivity contribution in [2.75, 3.05) is 17.6 Å². The summed E-state index contributed by atoms with van der Waals surface area (Å²) in [6, 6.07) is 5.59. The number of benzene rings is 1. The Kier molecular flexibility index (Phi) is 3.36. The monoisotopic (exact) mass is 228 g/mol. The Morgan fingerprint density at radius 2 is 2.00 bits per heavy atom. The largest absolute Gasteiger partial charge is 0.326 e. The zero-order chi connectivity index (χ0) is 11.6. The van der Waals surface area contributed by atoms with Crippen molar-refractivity contribution in [2.45, 2.75) is 13.5 Å². The van der Waals surface area contributed by atoms with Gasteiger partial charge in [-0.3, -0.25) is 4.31 Å². The lowest BCUT2D eigenvalue weighted by atomic mass is 10.1. The van der Waals surface area contributed by atoms with Crippen molar-refractivity contribution in [3.05, 3.63) is 29.3 Å². The van der Waals surface area contributed by atoms with Crippen molar-refractivity contribution in [2.24, 2.45) is 5.73 Å². The van der Waals surface area contributed by atoms with E-state index < -0.39 is 10.0 Å². The molecule has 0 radical (unpaired) electrons. The number of nitrogens with two attached hydrogens (primary N) is 1. The van der Waals surface area contributed by atoms with Crippen molar-refractivity contribution < 1.29 is 8.42 Å². The Labute approximate surface area is 90.8 Å². The lowest BCUT2D eigenvalue weighted by molar-refractivity contribution is 0.600. The van der Waals surface area contributed by atoms with Crippen LogP contribution in [0.1, 0.15) is 11.1 Å². The van der Waals surface area contributed by atoms with Gasteiger partial charge in [-0.2, -0.15) is 0 Å². The Morgan fingerprint density at radius 3 is 2.47 bits per heavy atom. The van der Waals surface area contributed by atoms with Gasteiger partial charge in [-0.05, 0) is 24.1 Å². The fraction of sp³-hybridized carbons (Fsp3) is 0.400. The van der Waals surface area contributed by atoms with Crippen molar-refractivity contribution in [3.8, 4) is 0 Å². The maximum atomic E-state index is 11.4. The fourth-order valence-electron chi connectivity index (χ4n) is 1.32. The third-order valence-corrected chi connectivity index (χ3v) is 3.49. The van der Waals surface area contributed by atoms with Gasteiger partial charge < -0.3 is 5.73 Å². The second-order valence-electron chi connectivity index (χ2n) is 3.57. The molecule has 0 fully saturated rings. The van der Waals surface area contributed by atoms with E-state index in [1.54, 1.807) is 0 Å². The third-order valence-electron chi connectivity index (χ3n) is 2.30. The van der Waals surface area contributed by atoms with Gasteiger partial charge in [0.05, 0.1) is 11.9 Å². The first kappa shape index (κ1) is 12.0. The minimum atomic E-state index is -3.23. The van der Waals surface area contributed by atoms with E-state index in [2.05, 4.69) is 0 Å². The molecule has 15 heavy (non-hydrogen) atoms. The summed E-state index contributed by atoms with van der Waals surface area (Å²) >= 11 is 0. The molecule has 0 aliphatic carbocycles. The first-order valence-corrected chi connectivity index (χ1v) is 6.44. The summed E-state index contributed by atoms with van der Waals surface area (Å²) in [6.07, 6.45) is 1.18. The first-order chi connectivity index (χ1) is 6.86. The van der Waals surface area contributed by atoms with Gasteiger partial charge in [0.15, 0.2) is 0 Å². The molecule has 1 aromatic rings. The summed E-state index contributed by atoms with van der Waals surface area (Å²) in [5, 5.41) is 0. The molecule has 0 saturated carbocycles. The summed E-state index contributed by atoms with van der Waals surface area (Å²) in [7, 11) is -1.70. The summed E-state index contributed by atoms with van der Waals surface area (Å²) in [5.41, 5.74) is 8.05. The molecular weight excluding hydrogens is 212 g/mol. The molecule has 0 atom stereocenters. The van der Waals surface area contributed by atoms with Gasteiger partial charge in [0, 0.05) is 13.6 Å². The summed E-state index contributed by atoms with van der Waals surface area (Å²) in [6.45, 7) is 2.25. The van der Waals surface area contributed by atoms with E-state index >= 15 is 0 Å². The number of rotatable bonds is 3. The van der Waals surface area contributed by atoms with Crippen LogP contribution in [0.5, 0.6) is 0 Å². The molecule has 0 aromatic heterocycles. The average molecular weight is 228 g/mol. The standard InChI is InChI=1S/C10H16N2O2S/c1-8-4-5-9(7-11)10(6-8)12(2)15(3,13)14/h4-6H,7,11H2,1-3H3. The summed E-state index contributed by atoms with van der Waals surface area (Å²) in [4.78, 5) is 0. The molecule has 4 nitrogen and oxygen atoms in total. The van der Waals surface area contributed by atoms with Gasteiger partial charge in [-0.1, -0.05) is 12.1 Å². The molecule has 0 spiro atoms. The zero-order valence-electron chi connectivity index (χ0n) is 9.19. The lowest BCUT2D eigenvalue weighted by Crippen LogP contribution is -2.26. The van der Waals surface area contributed by atoms with E-state index in [4.69, 9.17) is 5.73 Å². The molecule has 5 heteroatoms. The Morgan fingerprint density at radius 1 is 1.40 bits per heavy atom. The highest BCUT2D eigenvalue weighted by Gasteiger charge is 2.14. The van der Waals surface area contributed by atoms with Gasteiger partial charge >= 0.3 is 0 Å². The predicted molar refractivity (Wildman–Crippen MR) is 62.3 cm³/mol. The van der Waals surface area contributed by atoms with E-state index in [1.807, 2.05) is 25.1 Å². The van der Waals surface area contributed by atoms with Crippen molar-refractivity contribution in [3.63, 3.8) is 0 Å². The summed E-state index contributed by atoms with van der Waals surface area (Å²) in [5.74, 6) is 0. The highest BCUT2D eigenvalue weighted by molar-refractivity contribution is 7.92. The molecule has 0 aliphatic rings. The molecule has 2 N–H and O–H groups in total. The van der Waals surface area contributed by atoms with E-state index in [0.29, 0.717) is 12.2 Å². The van der Waals surface area contributed by atoms with Crippen LogP contribution in [0, 0.1) is 6.92 Å². The fourth-order valence-corrected chi connectivity index (χ4v) is 1.85. The maximum absolute atomic E-state index is 11.4. The van der Waals surface area contributed by atoms with Crippen LogP contribution in [0.4, 0.5) is 5.69 Å². The average Bonchev–Trinajstić information content (AvgIpc) is 2.15. The second kappa shape index (κ2) is 4.20. The Hall–Kier alpha value is -1.07. The molecule has 0 amide bonds. The molecule has 0 aliphatic heterocycles. The van der Waals surface area contributed by atoms with E-state index in [0.717, 1.165) is 11.1 Å². The van der Waals surface area contributed by atoms with Crippen LogP contribution < -0.4 is 10.0 Å². The van der Waals surface area contributed by atoms with Crippen LogP contribution >= 0.6 is 0 Å². The minimum absolute atomic E-state index is 0.329. The number of aryl methyl sites for hydroxylation is 1. The molecule has 0 unspecified atom stereocenters. The molecule has 0 saturated heterocycles. The van der Waals surface area contributed by atoms with Crippen LogP contribution in [0.15, 0.2) is 18.2 Å². The van der Waals surface area contributed by atoms with E-state index in [1.165, 1.54) is 17.6 Å². The lowest BCUT2D eigenvalue weighted by Gasteiger charge is -2.20. The van der Waals surface area contributed by atoms with Gasteiger partial charge in [-0.15, -0.1) is 0 Å². The quantitative estimate of drug-likeness (QED) is 0.834. The topological polar surface area (TPSA) is 63.4 Å².